The number of carbonyl (C=O) groups excluding carboxylic acids is 1. The Labute approximate surface area is 131 Å². The third-order valence-electron chi connectivity index (χ3n) is 2.90. The van der Waals surface area contributed by atoms with Crippen LogP contribution in [0.2, 0.25) is 10.0 Å². The Hall–Kier alpha value is -1.23. The molecule has 106 valence electrons. The number of thiophene rings is 1. The molecule has 2 aromatic rings. The van der Waals surface area contributed by atoms with E-state index < -0.39 is 0 Å². The van der Waals surface area contributed by atoms with E-state index in [0.717, 1.165) is 11.3 Å². The topological polar surface area (TPSA) is 55.1 Å². The molecule has 0 spiro atoms. The number of halogens is 2. The molecule has 0 aliphatic carbocycles. The predicted octanol–water partition coefficient (Wildman–Crippen LogP) is 4.52. The lowest BCUT2D eigenvalue weighted by atomic mass is 10.1. The molecule has 1 amide bonds. The van der Waals surface area contributed by atoms with Crippen LogP contribution in [0, 0.1) is 0 Å². The highest BCUT2D eigenvalue weighted by atomic mass is 35.5. The minimum atomic E-state index is -0.274. The molecule has 3 N–H and O–H groups in total. The first-order valence-corrected chi connectivity index (χ1v) is 7.75. The molecular formula is C14H14Cl2N2OS. The third kappa shape index (κ3) is 3.26. The third-order valence-corrected chi connectivity index (χ3v) is 4.68. The van der Waals surface area contributed by atoms with Crippen LogP contribution in [0.1, 0.15) is 34.6 Å². The summed E-state index contributed by atoms with van der Waals surface area (Å²) < 4.78 is 0. The van der Waals surface area contributed by atoms with E-state index in [0.29, 0.717) is 11.3 Å². The first-order valence-electron chi connectivity index (χ1n) is 6.11. The van der Waals surface area contributed by atoms with E-state index in [1.165, 1.54) is 12.1 Å². The van der Waals surface area contributed by atoms with Crippen molar-refractivity contribution < 1.29 is 4.79 Å². The average Bonchev–Trinajstić information content (AvgIpc) is 2.93. The Morgan fingerprint density at radius 1 is 1.45 bits per heavy atom. The second kappa shape index (κ2) is 6.48. The van der Waals surface area contributed by atoms with Crippen molar-refractivity contribution in [2.75, 3.05) is 5.73 Å². The normalized spacial score (nSPS) is 12.2. The summed E-state index contributed by atoms with van der Waals surface area (Å²) in [5, 5.41) is 5.43. The van der Waals surface area contributed by atoms with Gasteiger partial charge in [0.25, 0.3) is 5.91 Å². The number of amides is 1. The van der Waals surface area contributed by atoms with Gasteiger partial charge in [-0.2, -0.15) is 0 Å². The summed E-state index contributed by atoms with van der Waals surface area (Å²) >= 11 is 13.6. The number of nitrogens with one attached hydrogen (secondary N) is 1. The molecule has 1 heterocycles. The SMILES string of the molecule is CCC(NC(=O)c1cc(N)cc(Cl)c1Cl)c1cccs1. The van der Waals surface area contributed by atoms with E-state index in [2.05, 4.69) is 5.32 Å². The number of nitrogen functional groups attached to an aromatic ring is 1. The second-order valence-corrected chi connectivity index (χ2v) is 6.08. The maximum absolute atomic E-state index is 12.3. The van der Waals surface area contributed by atoms with Crippen molar-refractivity contribution in [3.8, 4) is 0 Å². The fourth-order valence-corrected chi connectivity index (χ4v) is 3.16. The number of hydrogen-bond acceptors (Lipinski definition) is 3. The zero-order valence-corrected chi connectivity index (χ0v) is 13.1. The molecule has 0 saturated heterocycles. The van der Waals surface area contributed by atoms with E-state index >= 15 is 0 Å². The molecular weight excluding hydrogens is 315 g/mol. The van der Waals surface area contributed by atoms with Crippen LogP contribution in [0.5, 0.6) is 0 Å². The quantitative estimate of drug-likeness (QED) is 0.811. The molecule has 0 bridgehead atoms. The standard InChI is InChI=1S/C14H14Cl2N2OS/c1-2-11(12-4-3-5-20-12)18-14(19)9-6-8(17)7-10(15)13(9)16/h3-7,11H,2,17H2,1H3,(H,18,19). The number of hydrogen-bond donors (Lipinski definition) is 2. The molecule has 0 aliphatic heterocycles. The highest BCUT2D eigenvalue weighted by Gasteiger charge is 2.18. The molecule has 20 heavy (non-hydrogen) atoms. The van der Waals surface area contributed by atoms with E-state index in [9.17, 15) is 4.79 Å². The van der Waals surface area contributed by atoms with E-state index in [-0.39, 0.29) is 22.0 Å². The highest BCUT2D eigenvalue weighted by molar-refractivity contribution is 7.10. The lowest BCUT2D eigenvalue weighted by molar-refractivity contribution is 0.0936. The number of anilines is 1. The summed E-state index contributed by atoms with van der Waals surface area (Å²) in [6.07, 6.45) is 0.792. The Balaban J connectivity index is 2.24. The summed E-state index contributed by atoms with van der Waals surface area (Å²) in [5.41, 5.74) is 6.41. The number of rotatable bonds is 4. The van der Waals surface area contributed by atoms with Gasteiger partial charge in [0.2, 0.25) is 0 Å². The van der Waals surface area contributed by atoms with Gasteiger partial charge in [-0.3, -0.25) is 4.79 Å². The number of nitrogens with two attached hydrogens (primary N) is 1. The van der Waals surface area contributed by atoms with Crippen molar-refractivity contribution in [3.63, 3.8) is 0 Å². The molecule has 2 rings (SSSR count). The number of benzene rings is 1. The summed E-state index contributed by atoms with van der Waals surface area (Å²) in [6.45, 7) is 2.01. The van der Waals surface area contributed by atoms with Gasteiger partial charge < -0.3 is 11.1 Å². The van der Waals surface area contributed by atoms with E-state index in [4.69, 9.17) is 28.9 Å². The summed E-state index contributed by atoms with van der Waals surface area (Å²) in [4.78, 5) is 13.4. The van der Waals surface area contributed by atoms with Gasteiger partial charge in [-0.05, 0) is 30.0 Å². The molecule has 0 saturated carbocycles. The molecule has 0 aliphatic rings. The molecule has 0 fully saturated rings. The van der Waals surface area contributed by atoms with Crippen LogP contribution in [-0.4, -0.2) is 5.91 Å². The van der Waals surface area contributed by atoms with Crippen molar-refractivity contribution in [2.45, 2.75) is 19.4 Å². The lowest BCUT2D eigenvalue weighted by Crippen LogP contribution is -2.28. The van der Waals surface area contributed by atoms with Gasteiger partial charge in [0.05, 0.1) is 21.7 Å². The van der Waals surface area contributed by atoms with Crippen molar-refractivity contribution >= 4 is 46.1 Å². The summed E-state index contributed by atoms with van der Waals surface area (Å²) in [7, 11) is 0. The van der Waals surface area contributed by atoms with Gasteiger partial charge in [-0.25, -0.2) is 0 Å². The van der Waals surface area contributed by atoms with Crippen LogP contribution < -0.4 is 11.1 Å². The zero-order valence-electron chi connectivity index (χ0n) is 10.8. The van der Waals surface area contributed by atoms with Gasteiger partial charge in [0.15, 0.2) is 0 Å². The van der Waals surface area contributed by atoms with E-state index in [1.54, 1.807) is 11.3 Å². The molecule has 6 heteroatoms. The molecule has 1 aromatic heterocycles. The molecule has 1 unspecified atom stereocenters. The van der Waals surface area contributed by atoms with Gasteiger partial charge in [0, 0.05) is 10.6 Å². The Bertz CT molecular complexity index is 614. The second-order valence-electron chi connectivity index (χ2n) is 4.31. The Morgan fingerprint density at radius 3 is 2.80 bits per heavy atom. The minimum Gasteiger partial charge on any atom is -0.399 e. The Morgan fingerprint density at radius 2 is 2.20 bits per heavy atom. The van der Waals surface area contributed by atoms with Crippen LogP contribution in [0.25, 0.3) is 0 Å². The first kappa shape index (κ1) is 15.2. The molecule has 3 nitrogen and oxygen atoms in total. The average molecular weight is 329 g/mol. The maximum Gasteiger partial charge on any atom is 0.253 e. The van der Waals surface area contributed by atoms with Crippen LogP contribution in [-0.2, 0) is 0 Å². The zero-order chi connectivity index (χ0) is 14.7. The van der Waals surface area contributed by atoms with Gasteiger partial charge in [-0.1, -0.05) is 36.2 Å². The van der Waals surface area contributed by atoms with Crippen molar-refractivity contribution in [2.24, 2.45) is 0 Å². The number of carbonyl (C=O) groups is 1. The molecule has 1 aromatic carbocycles. The predicted molar refractivity (Wildman–Crippen MR) is 85.7 cm³/mol. The van der Waals surface area contributed by atoms with Crippen LogP contribution in [0.4, 0.5) is 5.69 Å². The molecule has 0 radical (unpaired) electrons. The fraction of sp³-hybridized carbons (Fsp3) is 0.214. The minimum absolute atomic E-state index is 0.0428. The Kier molecular flexibility index (Phi) is 4.91. The van der Waals surface area contributed by atoms with E-state index in [1.807, 2.05) is 24.4 Å². The fourth-order valence-electron chi connectivity index (χ4n) is 1.88. The van der Waals surface area contributed by atoms with Gasteiger partial charge in [-0.15, -0.1) is 11.3 Å². The summed E-state index contributed by atoms with van der Waals surface area (Å²) in [6, 6.07) is 6.97. The van der Waals surface area contributed by atoms with Crippen LogP contribution in [0.15, 0.2) is 29.6 Å². The summed E-state index contributed by atoms with van der Waals surface area (Å²) in [5.74, 6) is -0.274. The smallest absolute Gasteiger partial charge is 0.253 e. The maximum atomic E-state index is 12.3. The van der Waals surface area contributed by atoms with Gasteiger partial charge in [0.1, 0.15) is 0 Å². The van der Waals surface area contributed by atoms with Crippen LogP contribution in [0.3, 0.4) is 0 Å². The van der Waals surface area contributed by atoms with Crippen molar-refractivity contribution in [1.29, 1.82) is 0 Å². The monoisotopic (exact) mass is 328 g/mol. The molecule has 1 atom stereocenters. The van der Waals surface area contributed by atoms with Crippen molar-refractivity contribution in [3.05, 3.63) is 50.1 Å². The largest absolute Gasteiger partial charge is 0.399 e. The lowest BCUT2D eigenvalue weighted by Gasteiger charge is -2.16. The highest BCUT2D eigenvalue weighted by Crippen LogP contribution is 2.30. The van der Waals surface area contributed by atoms with Gasteiger partial charge >= 0.3 is 0 Å². The van der Waals surface area contributed by atoms with Crippen LogP contribution >= 0.6 is 34.5 Å². The first-order chi connectivity index (χ1) is 9.52. The van der Waals surface area contributed by atoms with Crippen molar-refractivity contribution in [1.82, 2.24) is 5.32 Å².